The van der Waals surface area contributed by atoms with Crippen molar-refractivity contribution in [1.29, 1.82) is 0 Å². The van der Waals surface area contributed by atoms with Gasteiger partial charge in [0.15, 0.2) is 5.69 Å². The van der Waals surface area contributed by atoms with E-state index in [1.165, 1.54) is 0 Å². The zero-order valence-corrected chi connectivity index (χ0v) is 17.1. The molecule has 1 atom stereocenters. The van der Waals surface area contributed by atoms with Gasteiger partial charge >= 0.3 is 0 Å². The summed E-state index contributed by atoms with van der Waals surface area (Å²) >= 11 is 6.20. The van der Waals surface area contributed by atoms with Crippen molar-refractivity contribution in [3.8, 4) is 0 Å². The molecule has 154 valence electrons. The third kappa shape index (κ3) is 4.78. The molecule has 1 aliphatic carbocycles. The molecule has 1 saturated heterocycles. The number of benzene rings is 1. The molecule has 0 unspecified atom stereocenters. The standard InChI is InChI=1S/C21H26ClN5O2/c22-18-10-4-1-6-15(18)12-20(28)27-11-5-9-17(27)13-26-14-19(24-25-26)21(29)23-16-7-2-3-8-16/h1,4,6,10,14,16-17H,2-3,5,7-9,11-13H2,(H,23,29)/t17-/m0/s1. The number of aromatic nitrogens is 3. The quantitative estimate of drug-likeness (QED) is 0.786. The second-order valence-corrected chi connectivity index (χ2v) is 8.34. The third-order valence-corrected chi connectivity index (χ3v) is 6.23. The van der Waals surface area contributed by atoms with Gasteiger partial charge in [0.1, 0.15) is 0 Å². The number of amides is 2. The van der Waals surface area contributed by atoms with Gasteiger partial charge in [0.25, 0.3) is 5.91 Å². The molecule has 1 aromatic heterocycles. The van der Waals surface area contributed by atoms with E-state index in [1.54, 1.807) is 16.9 Å². The number of nitrogens with zero attached hydrogens (tertiary/aromatic N) is 4. The van der Waals surface area contributed by atoms with E-state index in [0.717, 1.165) is 50.6 Å². The van der Waals surface area contributed by atoms with Crippen molar-refractivity contribution in [1.82, 2.24) is 25.2 Å². The molecule has 2 aromatic rings. The van der Waals surface area contributed by atoms with Crippen molar-refractivity contribution >= 4 is 23.4 Å². The van der Waals surface area contributed by atoms with Crippen LogP contribution in [0.2, 0.25) is 5.02 Å². The predicted molar refractivity (Wildman–Crippen MR) is 110 cm³/mol. The monoisotopic (exact) mass is 415 g/mol. The van der Waals surface area contributed by atoms with Gasteiger partial charge in [0.05, 0.1) is 25.2 Å². The molecular formula is C21H26ClN5O2. The maximum absolute atomic E-state index is 12.8. The maximum atomic E-state index is 12.8. The first-order chi connectivity index (χ1) is 14.1. The van der Waals surface area contributed by atoms with Crippen LogP contribution in [0.1, 0.15) is 54.6 Å². The molecule has 0 spiro atoms. The summed E-state index contributed by atoms with van der Waals surface area (Å²) in [5.74, 6) is -0.0962. The zero-order chi connectivity index (χ0) is 20.2. The second-order valence-electron chi connectivity index (χ2n) is 7.93. The Hall–Kier alpha value is -2.41. The summed E-state index contributed by atoms with van der Waals surface area (Å²) in [7, 11) is 0. The van der Waals surface area contributed by atoms with E-state index in [0.29, 0.717) is 23.7 Å². The summed E-state index contributed by atoms with van der Waals surface area (Å²) in [4.78, 5) is 27.1. The van der Waals surface area contributed by atoms with Crippen molar-refractivity contribution in [3.05, 3.63) is 46.7 Å². The van der Waals surface area contributed by atoms with E-state index in [-0.39, 0.29) is 23.9 Å². The Morgan fingerprint density at radius 2 is 1.93 bits per heavy atom. The number of halogens is 1. The van der Waals surface area contributed by atoms with Crippen LogP contribution < -0.4 is 5.32 Å². The predicted octanol–water partition coefficient (Wildman–Crippen LogP) is 2.84. The fourth-order valence-corrected chi connectivity index (χ4v) is 4.50. The Kier molecular flexibility index (Phi) is 6.13. The van der Waals surface area contributed by atoms with Gasteiger partial charge in [-0.3, -0.25) is 9.59 Å². The summed E-state index contributed by atoms with van der Waals surface area (Å²) in [5, 5.41) is 11.8. The molecule has 2 heterocycles. The molecule has 0 bridgehead atoms. The highest BCUT2D eigenvalue weighted by molar-refractivity contribution is 6.31. The molecule has 1 saturated carbocycles. The Labute approximate surface area is 175 Å². The molecule has 2 amide bonds. The van der Waals surface area contributed by atoms with Crippen LogP contribution >= 0.6 is 11.6 Å². The minimum absolute atomic E-state index is 0.0532. The van der Waals surface area contributed by atoms with Crippen LogP contribution in [0.5, 0.6) is 0 Å². The van der Waals surface area contributed by atoms with E-state index in [9.17, 15) is 9.59 Å². The topological polar surface area (TPSA) is 80.1 Å². The first-order valence-corrected chi connectivity index (χ1v) is 10.7. The molecule has 2 aliphatic rings. The Balaban J connectivity index is 1.36. The number of nitrogens with one attached hydrogen (secondary N) is 1. The minimum Gasteiger partial charge on any atom is -0.348 e. The van der Waals surface area contributed by atoms with Crippen molar-refractivity contribution in [2.75, 3.05) is 6.54 Å². The van der Waals surface area contributed by atoms with Crippen LogP contribution in [0.25, 0.3) is 0 Å². The molecule has 8 heteroatoms. The van der Waals surface area contributed by atoms with Crippen LogP contribution in [0.3, 0.4) is 0 Å². The van der Waals surface area contributed by atoms with Gasteiger partial charge in [0.2, 0.25) is 5.91 Å². The van der Waals surface area contributed by atoms with Gasteiger partial charge in [-0.1, -0.05) is 47.9 Å². The minimum atomic E-state index is -0.166. The Morgan fingerprint density at radius 1 is 1.14 bits per heavy atom. The molecule has 1 N–H and O–H groups in total. The van der Waals surface area contributed by atoms with E-state index in [2.05, 4.69) is 15.6 Å². The molecule has 4 rings (SSSR count). The molecule has 1 aromatic carbocycles. The van der Waals surface area contributed by atoms with Crippen molar-refractivity contribution in [2.24, 2.45) is 0 Å². The van der Waals surface area contributed by atoms with Gasteiger partial charge in [-0.05, 0) is 37.3 Å². The summed E-state index contributed by atoms with van der Waals surface area (Å²) < 4.78 is 1.68. The van der Waals surface area contributed by atoms with Crippen LogP contribution in [-0.4, -0.2) is 50.3 Å². The van der Waals surface area contributed by atoms with Gasteiger partial charge in [-0.25, -0.2) is 4.68 Å². The number of hydrogen-bond acceptors (Lipinski definition) is 4. The first-order valence-electron chi connectivity index (χ1n) is 10.3. The number of carbonyl (C=O) groups excluding carboxylic acids is 2. The lowest BCUT2D eigenvalue weighted by atomic mass is 10.1. The SMILES string of the molecule is O=C(NC1CCCC1)c1cn(C[C@@H]2CCCN2C(=O)Cc2ccccc2Cl)nn1. The highest BCUT2D eigenvalue weighted by Gasteiger charge is 2.30. The summed E-state index contributed by atoms with van der Waals surface area (Å²) in [6.45, 7) is 1.27. The van der Waals surface area contributed by atoms with Crippen LogP contribution in [0.4, 0.5) is 0 Å². The van der Waals surface area contributed by atoms with E-state index < -0.39 is 0 Å². The average Bonchev–Trinajstić information content (AvgIpc) is 3.46. The normalized spacial score (nSPS) is 19.6. The molecule has 29 heavy (non-hydrogen) atoms. The fraction of sp³-hybridized carbons (Fsp3) is 0.524. The third-order valence-electron chi connectivity index (χ3n) is 5.86. The number of rotatable bonds is 6. The van der Waals surface area contributed by atoms with Crippen molar-refractivity contribution < 1.29 is 9.59 Å². The van der Waals surface area contributed by atoms with Crippen LogP contribution in [-0.2, 0) is 17.8 Å². The van der Waals surface area contributed by atoms with E-state index in [1.807, 2.05) is 23.1 Å². The van der Waals surface area contributed by atoms with E-state index in [4.69, 9.17) is 11.6 Å². The smallest absolute Gasteiger partial charge is 0.273 e. The first kappa shape index (κ1) is 19.9. The molecular weight excluding hydrogens is 390 g/mol. The van der Waals surface area contributed by atoms with Gasteiger partial charge < -0.3 is 10.2 Å². The Morgan fingerprint density at radius 3 is 2.72 bits per heavy atom. The van der Waals surface area contributed by atoms with Gasteiger partial charge in [-0.15, -0.1) is 5.10 Å². The highest BCUT2D eigenvalue weighted by Crippen LogP contribution is 2.22. The summed E-state index contributed by atoms with van der Waals surface area (Å²) in [6.07, 6.45) is 8.24. The summed E-state index contributed by atoms with van der Waals surface area (Å²) in [5.41, 5.74) is 1.18. The van der Waals surface area contributed by atoms with Crippen LogP contribution in [0, 0.1) is 0 Å². The van der Waals surface area contributed by atoms with Crippen LogP contribution in [0.15, 0.2) is 30.5 Å². The van der Waals surface area contributed by atoms with Gasteiger partial charge in [0, 0.05) is 17.6 Å². The lowest BCUT2D eigenvalue weighted by Crippen LogP contribution is -2.39. The summed E-state index contributed by atoms with van der Waals surface area (Å²) in [6, 6.07) is 7.75. The Bertz CT molecular complexity index is 877. The fourth-order valence-electron chi connectivity index (χ4n) is 4.30. The van der Waals surface area contributed by atoms with Gasteiger partial charge in [-0.2, -0.15) is 0 Å². The average molecular weight is 416 g/mol. The molecule has 0 radical (unpaired) electrons. The maximum Gasteiger partial charge on any atom is 0.273 e. The number of likely N-dealkylation sites (tertiary alicyclic amines) is 1. The van der Waals surface area contributed by atoms with E-state index >= 15 is 0 Å². The van der Waals surface area contributed by atoms with Crippen molar-refractivity contribution in [2.45, 2.75) is 63.6 Å². The molecule has 1 aliphatic heterocycles. The van der Waals surface area contributed by atoms with Crippen molar-refractivity contribution in [3.63, 3.8) is 0 Å². The number of hydrogen-bond donors (Lipinski definition) is 1. The zero-order valence-electron chi connectivity index (χ0n) is 16.4. The second kappa shape index (κ2) is 8.95. The largest absolute Gasteiger partial charge is 0.348 e. The highest BCUT2D eigenvalue weighted by atomic mass is 35.5. The lowest BCUT2D eigenvalue weighted by Gasteiger charge is -2.24. The lowest BCUT2D eigenvalue weighted by molar-refractivity contribution is -0.131. The molecule has 2 fully saturated rings. The molecule has 7 nitrogen and oxygen atoms in total. The number of carbonyl (C=O) groups is 2.